The van der Waals surface area contributed by atoms with Crippen LogP contribution in [0.3, 0.4) is 0 Å². The number of likely N-dealkylation sites (N-methyl/N-ethyl adjacent to an activating group) is 1. The van der Waals surface area contributed by atoms with Crippen molar-refractivity contribution in [2.45, 2.75) is 91.2 Å². The minimum atomic E-state index is -1.19. The second kappa shape index (κ2) is 12.3. The lowest BCUT2D eigenvalue weighted by Crippen LogP contribution is -2.48. The molecular formula is C33H47FN2O. The molecule has 2 aromatic rings. The maximum atomic E-state index is 12.4. The molecule has 4 heteroatoms. The van der Waals surface area contributed by atoms with Crippen LogP contribution in [0, 0.1) is 12.8 Å². The number of nitrogens with zero attached hydrogens (tertiary/aromatic N) is 2. The molecule has 1 saturated heterocycles. The second-order valence-corrected chi connectivity index (χ2v) is 11.8. The first-order valence-electron chi connectivity index (χ1n) is 13.6. The number of ether oxygens (including phenoxy) is 1. The van der Waals surface area contributed by atoms with Gasteiger partial charge in [0.1, 0.15) is 11.4 Å². The number of hydrogen-bond acceptors (Lipinski definition) is 3. The van der Waals surface area contributed by atoms with Gasteiger partial charge in [0.25, 0.3) is 0 Å². The summed E-state index contributed by atoms with van der Waals surface area (Å²) in [6.07, 6.45) is 3.71. The number of hydrogen-bond donors (Lipinski definition) is 0. The Morgan fingerprint density at radius 3 is 2.11 bits per heavy atom. The Balaban J connectivity index is 0.000000479. The fraction of sp³-hybridized carbons (Fsp3) is 0.515. The Morgan fingerprint density at radius 2 is 1.62 bits per heavy atom. The number of alkyl halides is 1. The monoisotopic (exact) mass is 506 g/mol. The molecule has 1 heterocycles. The molecule has 2 aliphatic rings. The van der Waals surface area contributed by atoms with Crippen molar-refractivity contribution in [2.24, 2.45) is 5.92 Å². The molecule has 3 unspecified atom stereocenters. The molecule has 0 aromatic heterocycles. The lowest BCUT2D eigenvalue weighted by molar-refractivity contribution is 0.120. The molecule has 4 rings (SSSR count). The van der Waals surface area contributed by atoms with Gasteiger partial charge in [-0.3, -0.25) is 0 Å². The molecule has 2 aromatic carbocycles. The molecule has 2 bridgehead atoms. The number of benzene rings is 2. The van der Waals surface area contributed by atoms with E-state index in [-0.39, 0.29) is 6.10 Å². The van der Waals surface area contributed by atoms with Crippen LogP contribution >= 0.6 is 0 Å². The smallest absolute Gasteiger partial charge is 0.125 e. The molecule has 37 heavy (non-hydrogen) atoms. The first-order chi connectivity index (χ1) is 17.3. The summed E-state index contributed by atoms with van der Waals surface area (Å²) in [6.45, 7) is 21.2. The van der Waals surface area contributed by atoms with Gasteiger partial charge in [-0.2, -0.15) is 0 Å². The topological polar surface area (TPSA) is 15.7 Å². The molecule has 1 aliphatic heterocycles. The Labute approximate surface area is 225 Å². The predicted molar refractivity (Wildman–Crippen MR) is 155 cm³/mol. The van der Waals surface area contributed by atoms with Gasteiger partial charge in [0, 0.05) is 37.3 Å². The van der Waals surface area contributed by atoms with E-state index in [0.717, 1.165) is 24.6 Å². The van der Waals surface area contributed by atoms with Crippen molar-refractivity contribution in [3.63, 3.8) is 0 Å². The Bertz CT molecular complexity index is 1040. The summed E-state index contributed by atoms with van der Waals surface area (Å²) in [5.41, 5.74) is 4.58. The van der Waals surface area contributed by atoms with E-state index in [1.165, 1.54) is 55.6 Å². The summed E-state index contributed by atoms with van der Waals surface area (Å²) < 4.78 is 18.2. The molecule has 1 aliphatic carbocycles. The van der Waals surface area contributed by atoms with Crippen molar-refractivity contribution in [1.29, 1.82) is 0 Å². The average Bonchev–Trinajstić information content (AvgIpc) is 3.39. The third-order valence-electron chi connectivity index (χ3n) is 7.70. The van der Waals surface area contributed by atoms with E-state index < -0.39 is 5.67 Å². The van der Waals surface area contributed by atoms with Gasteiger partial charge in [-0.05, 0) is 96.2 Å². The van der Waals surface area contributed by atoms with Crippen LogP contribution in [0.15, 0.2) is 73.0 Å². The fourth-order valence-corrected chi connectivity index (χ4v) is 5.24. The van der Waals surface area contributed by atoms with Crippen molar-refractivity contribution < 1.29 is 9.13 Å². The van der Waals surface area contributed by atoms with Crippen molar-refractivity contribution >= 4 is 0 Å². The number of halogens is 1. The number of allylic oxidation sites excluding steroid dienone is 2. The lowest BCUT2D eigenvalue weighted by Gasteiger charge is -2.41. The summed E-state index contributed by atoms with van der Waals surface area (Å²) in [4.78, 5) is 5.16. The number of rotatable bonds is 9. The molecule has 202 valence electrons. The largest absolute Gasteiger partial charge is 0.491 e. The standard InChI is InChI=1S/C27H36N2O.C6H11F/c1-19(2)30-25-12-10-22(11-13-25)14-21(4)29(18-23-8-6-20(3)7-9-23)27-16-24-15-26(27)28(5)17-24;1-5(2)6(3,4)7/h6-13,19,24,26-27H,4,14-18H2,1-3,5H3;1H2,2-4H3. The molecule has 0 N–H and O–H groups in total. The zero-order chi connectivity index (χ0) is 27.3. The normalized spacial score (nSPS) is 20.9. The van der Waals surface area contributed by atoms with Crippen LogP contribution in [0.1, 0.15) is 64.2 Å². The maximum absolute atomic E-state index is 12.4. The highest BCUT2D eigenvalue weighted by Crippen LogP contribution is 2.41. The molecule has 0 amide bonds. The number of likely N-dealkylation sites (tertiary alicyclic amines) is 1. The van der Waals surface area contributed by atoms with Crippen LogP contribution in [0.25, 0.3) is 0 Å². The van der Waals surface area contributed by atoms with Crippen LogP contribution < -0.4 is 4.74 Å². The molecular weight excluding hydrogens is 459 g/mol. The van der Waals surface area contributed by atoms with Gasteiger partial charge < -0.3 is 14.5 Å². The van der Waals surface area contributed by atoms with E-state index in [0.29, 0.717) is 17.7 Å². The first-order valence-corrected chi connectivity index (χ1v) is 13.6. The van der Waals surface area contributed by atoms with E-state index in [1.54, 1.807) is 6.92 Å². The summed E-state index contributed by atoms with van der Waals surface area (Å²) in [5.74, 6) is 1.77. The Morgan fingerprint density at radius 1 is 1.05 bits per heavy atom. The highest BCUT2D eigenvalue weighted by atomic mass is 19.1. The van der Waals surface area contributed by atoms with Gasteiger partial charge >= 0.3 is 0 Å². The number of fused-ring (bicyclic) bond motifs is 2. The summed E-state index contributed by atoms with van der Waals surface area (Å²) in [6, 6.07) is 18.7. The first kappa shape index (κ1) is 29.0. The van der Waals surface area contributed by atoms with Crippen molar-refractivity contribution in [3.8, 4) is 5.75 Å². The van der Waals surface area contributed by atoms with E-state index in [9.17, 15) is 4.39 Å². The molecule has 0 spiro atoms. The van der Waals surface area contributed by atoms with Crippen molar-refractivity contribution in [1.82, 2.24) is 9.80 Å². The summed E-state index contributed by atoms with van der Waals surface area (Å²) in [7, 11) is 2.29. The maximum Gasteiger partial charge on any atom is 0.125 e. The minimum Gasteiger partial charge on any atom is -0.491 e. The summed E-state index contributed by atoms with van der Waals surface area (Å²) >= 11 is 0. The van der Waals surface area contributed by atoms with Gasteiger partial charge in [-0.15, -0.1) is 0 Å². The predicted octanol–water partition coefficient (Wildman–Crippen LogP) is 7.74. The Kier molecular flexibility index (Phi) is 9.63. The molecule has 0 radical (unpaired) electrons. The van der Waals surface area contributed by atoms with Crippen LogP contribution in [0.4, 0.5) is 4.39 Å². The SMILES string of the molecule is C=C(C)C(C)(C)F.C=C(Cc1ccc(OC(C)C)cc1)N(Cc1ccc(C)cc1)C1CC2CC1N(C)C2. The van der Waals surface area contributed by atoms with Gasteiger partial charge in [0.15, 0.2) is 0 Å². The lowest BCUT2D eigenvalue weighted by atomic mass is 10.0. The fourth-order valence-electron chi connectivity index (χ4n) is 5.24. The molecule has 3 atom stereocenters. The van der Waals surface area contributed by atoms with Crippen LogP contribution in [0.5, 0.6) is 5.75 Å². The van der Waals surface area contributed by atoms with Gasteiger partial charge in [0.05, 0.1) is 6.10 Å². The van der Waals surface area contributed by atoms with Crippen molar-refractivity contribution in [3.05, 3.63) is 89.6 Å². The molecule has 3 nitrogen and oxygen atoms in total. The minimum absolute atomic E-state index is 0.200. The highest BCUT2D eigenvalue weighted by molar-refractivity contribution is 5.30. The third kappa shape index (κ3) is 8.20. The highest BCUT2D eigenvalue weighted by Gasteiger charge is 2.45. The van der Waals surface area contributed by atoms with Crippen LogP contribution in [-0.2, 0) is 13.0 Å². The second-order valence-electron chi connectivity index (χ2n) is 11.8. The van der Waals surface area contributed by atoms with E-state index in [2.05, 4.69) is 99.3 Å². The average molecular weight is 507 g/mol. The van der Waals surface area contributed by atoms with E-state index in [4.69, 9.17) is 4.74 Å². The molecule has 2 fully saturated rings. The number of aryl methyl sites for hydroxylation is 1. The summed E-state index contributed by atoms with van der Waals surface area (Å²) in [5, 5.41) is 0. The Hall–Kier alpha value is -2.59. The zero-order valence-electron chi connectivity index (χ0n) is 24.1. The zero-order valence-corrected chi connectivity index (χ0v) is 24.1. The van der Waals surface area contributed by atoms with E-state index >= 15 is 0 Å². The number of piperidine rings is 1. The van der Waals surface area contributed by atoms with Gasteiger partial charge in [0.2, 0.25) is 0 Å². The van der Waals surface area contributed by atoms with Crippen molar-refractivity contribution in [2.75, 3.05) is 13.6 Å². The van der Waals surface area contributed by atoms with Gasteiger partial charge in [-0.1, -0.05) is 55.1 Å². The van der Waals surface area contributed by atoms with Gasteiger partial charge in [-0.25, -0.2) is 4.39 Å². The van der Waals surface area contributed by atoms with Crippen LogP contribution in [-0.4, -0.2) is 47.2 Å². The third-order valence-corrected chi connectivity index (χ3v) is 7.70. The van der Waals surface area contributed by atoms with E-state index in [1.807, 2.05) is 0 Å². The van der Waals surface area contributed by atoms with Crippen LogP contribution in [0.2, 0.25) is 0 Å². The molecule has 1 saturated carbocycles. The quantitative estimate of drug-likeness (QED) is 0.324.